The fraction of sp³-hybridized carbons (Fsp3) is 0.650. The van der Waals surface area contributed by atoms with Gasteiger partial charge in [0.15, 0.2) is 5.65 Å². The first-order valence-corrected chi connectivity index (χ1v) is 10.3. The Bertz CT molecular complexity index is 959. The van der Waals surface area contributed by atoms with Crippen molar-refractivity contribution in [3.63, 3.8) is 0 Å². The van der Waals surface area contributed by atoms with Crippen LogP contribution < -0.4 is 11.1 Å². The molecule has 1 amide bonds. The molecule has 1 aliphatic carbocycles. The van der Waals surface area contributed by atoms with Crippen molar-refractivity contribution in [3.05, 3.63) is 29.7 Å². The number of imidazole rings is 1. The minimum absolute atomic E-state index is 0.0583. The van der Waals surface area contributed by atoms with Gasteiger partial charge in [-0.15, -0.1) is 0 Å². The van der Waals surface area contributed by atoms with E-state index >= 15 is 0 Å². The molecule has 2 aromatic heterocycles. The molecule has 4 atom stereocenters. The van der Waals surface area contributed by atoms with Crippen LogP contribution in [-0.4, -0.2) is 39.1 Å². The summed E-state index contributed by atoms with van der Waals surface area (Å²) in [5, 5.41) is 6.68. The number of amides is 1. The number of piperidine rings is 1. The fourth-order valence-corrected chi connectivity index (χ4v) is 4.55. The van der Waals surface area contributed by atoms with Gasteiger partial charge in [0.05, 0.1) is 29.5 Å². The second kappa shape index (κ2) is 7.99. The summed E-state index contributed by atoms with van der Waals surface area (Å²) in [4.78, 5) is 16.4. The maximum Gasteiger partial charge on any atom is 0.393 e. The number of halogens is 5. The van der Waals surface area contributed by atoms with E-state index in [0.717, 1.165) is 0 Å². The number of aromatic nitrogens is 3. The first kappa shape index (κ1) is 21.9. The number of fused-ring (bicyclic) bond motifs is 1. The van der Waals surface area contributed by atoms with Gasteiger partial charge in [0.2, 0.25) is 11.8 Å². The van der Waals surface area contributed by atoms with Gasteiger partial charge in [0.1, 0.15) is 0 Å². The number of carbonyl (C=O) groups is 1. The number of rotatable bonds is 4. The zero-order valence-corrected chi connectivity index (χ0v) is 16.7. The third-order valence-electron chi connectivity index (χ3n) is 6.30. The standard InChI is InChI=1S/C20H24F5N5O/c21-19(22)5-1-2-11(8-19)17(26)15-10-30-16(28-15)4-3-14(29-30)7-12-6-13(20(23,24)25)9-27-18(12)31/h3-4,10-13,17H,1-2,5-9,26H2,(H,27,31)/t11-,12?,13-,17-/m0/s1. The second-order valence-electron chi connectivity index (χ2n) is 8.65. The minimum Gasteiger partial charge on any atom is -0.355 e. The van der Waals surface area contributed by atoms with Gasteiger partial charge in [-0.1, -0.05) is 0 Å². The van der Waals surface area contributed by atoms with Crippen LogP contribution in [0.4, 0.5) is 22.0 Å². The number of nitrogens with one attached hydrogen (secondary N) is 1. The third kappa shape index (κ3) is 4.81. The molecule has 170 valence electrons. The monoisotopic (exact) mass is 445 g/mol. The van der Waals surface area contributed by atoms with E-state index in [9.17, 15) is 26.7 Å². The molecule has 1 aliphatic heterocycles. The van der Waals surface area contributed by atoms with Gasteiger partial charge < -0.3 is 11.1 Å². The van der Waals surface area contributed by atoms with Gasteiger partial charge in [-0.05, 0) is 37.3 Å². The van der Waals surface area contributed by atoms with Gasteiger partial charge in [-0.2, -0.15) is 18.3 Å². The molecular formula is C20H24F5N5O. The summed E-state index contributed by atoms with van der Waals surface area (Å²) in [7, 11) is 0. The van der Waals surface area contributed by atoms with Crippen LogP contribution in [0, 0.1) is 17.8 Å². The van der Waals surface area contributed by atoms with Gasteiger partial charge in [-0.25, -0.2) is 18.3 Å². The molecule has 0 spiro atoms. The van der Waals surface area contributed by atoms with Crippen LogP contribution in [0.3, 0.4) is 0 Å². The molecule has 1 saturated carbocycles. The Kier molecular flexibility index (Phi) is 5.65. The highest BCUT2D eigenvalue weighted by atomic mass is 19.4. The Labute approximate surface area is 175 Å². The maximum atomic E-state index is 13.7. The van der Waals surface area contributed by atoms with Crippen LogP contribution in [0.1, 0.15) is 49.5 Å². The van der Waals surface area contributed by atoms with Crippen LogP contribution in [0.25, 0.3) is 5.65 Å². The molecule has 2 fully saturated rings. The van der Waals surface area contributed by atoms with Crippen molar-refractivity contribution < 1.29 is 26.7 Å². The van der Waals surface area contributed by atoms with Gasteiger partial charge >= 0.3 is 6.18 Å². The normalized spacial score (nSPS) is 27.8. The molecule has 1 unspecified atom stereocenters. The molecular weight excluding hydrogens is 421 g/mol. The number of nitrogens with zero attached hydrogens (tertiary/aromatic N) is 3. The van der Waals surface area contributed by atoms with Crippen LogP contribution in [0.2, 0.25) is 0 Å². The first-order valence-electron chi connectivity index (χ1n) is 10.3. The molecule has 2 aliphatic rings. The highest BCUT2D eigenvalue weighted by Gasteiger charge is 2.44. The average molecular weight is 445 g/mol. The van der Waals surface area contributed by atoms with E-state index in [1.807, 2.05) is 0 Å². The summed E-state index contributed by atoms with van der Waals surface area (Å²) < 4.78 is 68.0. The van der Waals surface area contributed by atoms with Crippen molar-refractivity contribution >= 4 is 11.6 Å². The summed E-state index contributed by atoms with van der Waals surface area (Å²) in [5.41, 5.74) is 7.56. The number of carbonyl (C=O) groups excluding carboxylic acids is 1. The van der Waals surface area contributed by atoms with Crippen molar-refractivity contribution in [2.75, 3.05) is 6.54 Å². The first-order chi connectivity index (χ1) is 14.5. The minimum atomic E-state index is -4.37. The van der Waals surface area contributed by atoms with E-state index in [0.29, 0.717) is 29.9 Å². The molecule has 0 bridgehead atoms. The molecule has 1 saturated heterocycles. The molecule has 6 nitrogen and oxygen atoms in total. The fourth-order valence-electron chi connectivity index (χ4n) is 4.55. The number of hydrogen-bond acceptors (Lipinski definition) is 4. The summed E-state index contributed by atoms with van der Waals surface area (Å²) in [5.74, 6) is -5.95. The summed E-state index contributed by atoms with van der Waals surface area (Å²) in [6.45, 7) is -0.408. The predicted molar refractivity (Wildman–Crippen MR) is 101 cm³/mol. The second-order valence-corrected chi connectivity index (χ2v) is 8.65. The van der Waals surface area contributed by atoms with Crippen molar-refractivity contribution in [2.24, 2.45) is 23.5 Å². The zero-order chi connectivity index (χ0) is 22.4. The Morgan fingerprint density at radius 1 is 1.32 bits per heavy atom. The maximum absolute atomic E-state index is 13.7. The molecule has 0 radical (unpaired) electrons. The summed E-state index contributed by atoms with van der Waals surface area (Å²) in [6, 6.07) is 2.58. The number of nitrogens with two attached hydrogens (primary N) is 1. The Morgan fingerprint density at radius 3 is 2.81 bits per heavy atom. The lowest BCUT2D eigenvalue weighted by atomic mass is 9.81. The number of alkyl halides is 5. The van der Waals surface area contributed by atoms with E-state index in [4.69, 9.17) is 5.73 Å². The van der Waals surface area contributed by atoms with Crippen molar-refractivity contribution in [1.82, 2.24) is 19.9 Å². The topological polar surface area (TPSA) is 85.3 Å². The van der Waals surface area contributed by atoms with Gasteiger partial charge in [0.25, 0.3) is 0 Å². The molecule has 0 aromatic carbocycles. The van der Waals surface area contributed by atoms with Crippen molar-refractivity contribution in [3.8, 4) is 0 Å². The largest absolute Gasteiger partial charge is 0.393 e. The Hall–Kier alpha value is -2.30. The average Bonchev–Trinajstić information content (AvgIpc) is 3.11. The zero-order valence-electron chi connectivity index (χ0n) is 16.7. The number of hydrogen-bond donors (Lipinski definition) is 2. The van der Waals surface area contributed by atoms with Crippen molar-refractivity contribution in [1.29, 1.82) is 0 Å². The van der Waals surface area contributed by atoms with Crippen LogP contribution in [-0.2, 0) is 11.2 Å². The quantitative estimate of drug-likeness (QED) is 0.707. The smallest absolute Gasteiger partial charge is 0.355 e. The third-order valence-corrected chi connectivity index (χ3v) is 6.30. The summed E-state index contributed by atoms with van der Waals surface area (Å²) in [6.07, 6.45) is -2.43. The van der Waals surface area contributed by atoms with E-state index < -0.39 is 48.3 Å². The Morgan fingerprint density at radius 2 is 2.10 bits per heavy atom. The van der Waals surface area contributed by atoms with E-state index in [2.05, 4.69) is 15.4 Å². The van der Waals surface area contributed by atoms with Crippen LogP contribution >= 0.6 is 0 Å². The SMILES string of the molecule is N[C@H](c1cn2nc(CC3C[C@H](C(F)(F)F)CNC3=O)ccc2n1)[C@H]1CCCC(F)(F)C1. The molecule has 4 rings (SSSR count). The highest BCUT2D eigenvalue weighted by molar-refractivity contribution is 5.79. The molecule has 3 N–H and O–H groups in total. The van der Waals surface area contributed by atoms with E-state index in [-0.39, 0.29) is 25.7 Å². The Balaban J connectivity index is 1.49. The lowest BCUT2D eigenvalue weighted by molar-refractivity contribution is -0.183. The molecule has 31 heavy (non-hydrogen) atoms. The molecule has 2 aromatic rings. The van der Waals surface area contributed by atoms with Gasteiger partial charge in [-0.3, -0.25) is 4.79 Å². The molecule has 11 heteroatoms. The van der Waals surface area contributed by atoms with Crippen LogP contribution in [0.15, 0.2) is 18.3 Å². The van der Waals surface area contributed by atoms with E-state index in [1.54, 1.807) is 18.3 Å². The van der Waals surface area contributed by atoms with Crippen LogP contribution in [0.5, 0.6) is 0 Å². The van der Waals surface area contributed by atoms with Crippen molar-refractivity contribution in [2.45, 2.75) is 56.7 Å². The predicted octanol–water partition coefficient (Wildman–Crippen LogP) is 3.41. The van der Waals surface area contributed by atoms with Gasteiger partial charge in [0, 0.05) is 31.7 Å². The van der Waals surface area contributed by atoms with E-state index in [1.165, 1.54) is 4.52 Å². The molecule has 3 heterocycles. The lowest BCUT2D eigenvalue weighted by Crippen LogP contribution is -2.47. The lowest BCUT2D eigenvalue weighted by Gasteiger charge is -2.31. The summed E-state index contributed by atoms with van der Waals surface area (Å²) >= 11 is 0. The highest BCUT2D eigenvalue weighted by Crippen LogP contribution is 2.41.